The molecule has 1 N–H and O–H groups in total. The van der Waals surface area contributed by atoms with Gasteiger partial charge >= 0.3 is 5.97 Å². The van der Waals surface area contributed by atoms with Crippen LogP contribution in [0.15, 0.2) is 18.2 Å². The fraction of sp³-hybridized carbons (Fsp3) is 0.500. The lowest BCUT2D eigenvalue weighted by Gasteiger charge is -2.34. The molecule has 0 bridgehead atoms. The molecule has 1 unspecified atom stereocenters. The first kappa shape index (κ1) is 19.8. The molecule has 26 heavy (non-hydrogen) atoms. The third-order valence-electron chi connectivity index (χ3n) is 4.34. The Bertz CT molecular complexity index is 786. The predicted molar refractivity (Wildman–Crippen MR) is 95.9 cm³/mol. The summed E-state index contributed by atoms with van der Waals surface area (Å²) in [5.74, 6) is -3.86. The van der Waals surface area contributed by atoms with E-state index in [1.165, 1.54) is 0 Å². The van der Waals surface area contributed by atoms with Crippen LogP contribution in [0, 0.1) is 12.8 Å². The van der Waals surface area contributed by atoms with Crippen molar-refractivity contribution in [3.8, 4) is 0 Å². The van der Waals surface area contributed by atoms with Crippen LogP contribution in [0.25, 0.3) is 0 Å². The fourth-order valence-electron chi connectivity index (χ4n) is 3.05. The van der Waals surface area contributed by atoms with Gasteiger partial charge in [-0.2, -0.15) is 0 Å². The summed E-state index contributed by atoms with van der Waals surface area (Å²) in [5.41, 5.74) is 0.221. The first-order valence-corrected chi connectivity index (χ1v) is 8.54. The van der Waals surface area contributed by atoms with Crippen molar-refractivity contribution in [2.45, 2.75) is 52.6 Å². The Hall–Kier alpha value is -2.50. The smallest absolute Gasteiger partial charge is 0.325 e. The normalized spacial score (nSPS) is 18.9. The molecule has 2 rings (SSSR count). The van der Waals surface area contributed by atoms with E-state index in [1.807, 2.05) is 13.0 Å². The highest BCUT2D eigenvalue weighted by Gasteiger charge is 2.49. The van der Waals surface area contributed by atoms with Crippen LogP contribution >= 0.6 is 0 Å². The minimum atomic E-state index is -1.46. The van der Waals surface area contributed by atoms with Gasteiger partial charge in [-0.25, -0.2) is 0 Å². The summed E-state index contributed by atoms with van der Waals surface area (Å²) in [4.78, 5) is 49.9. The molecule has 0 spiro atoms. The molecule has 0 heterocycles. The van der Waals surface area contributed by atoms with Crippen molar-refractivity contribution in [3.63, 3.8) is 0 Å². The Kier molecular flexibility index (Phi) is 5.08. The zero-order valence-electron chi connectivity index (χ0n) is 16.1. The first-order chi connectivity index (χ1) is 11.8. The molecule has 1 amide bonds. The van der Waals surface area contributed by atoms with Crippen molar-refractivity contribution >= 4 is 23.4 Å². The summed E-state index contributed by atoms with van der Waals surface area (Å²) < 4.78 is 5.12. The second-order valence-electron chi connectivity index (χ2n) is 8.14. The molecule has 1 aliphatic rings. The Morgan fingerprint density at radius 1 is 1.19 bits per heavy atom. The average Bonchev–Trinajstić information content (AvgIpc) is 2.49. The van der Waals surface area contributed by atoms with E-state index in [1.54, 1.807) is 46.8 Å². The number of aryl methyl sites for hydroxylation is 1. The summed E-state index contributed by atoms with van der Waals surface area (Å²) in [6, 6.07) is 5.29. The third kappa shape index (κ3) is 3.84. The molecule has 6 heteroatoms. The standard InChI is InChI=1S/C20H25NO5/c1-11-7-8-13-12(9-11)16(23)15(17(24)20(13,5)6)18(25)21-10-14(22)26-19(2,3)4/h7-9,15H,10H2,1-6H3,(H,21,25). The van der Waals surface area contributed by atoms with Gasteiger partial charge in [0.15, 0.2) is 17.5 Å². The van der Waals surface area contributed by atoms with Crippen molar-refractivity contribution in [1.29, 1.82) is 0 Å². The van der Waals surface area contributed by atoms with E-state index in [9.17, 15) is 19.2 Å². The maximum atomic E-state index is 12.8. The lowest BCUT2D eigenvalue weighted by molar-refractivity contribution is -0.155. The molecule has 0 aromatic heterocycles. The molecule has 140 valence electrons. The minimum Gasteiger partial charge on any atom is -0.459 e. The summed E-state index contributed by atoms with van der Waals surface area (Å²) in [6.07, 6.45) is 0. The minimum absolute atomic E-state index is 0.381. The summed E-state index contributed by atoms with van der Waals surface area (Å²) in [6.45, 7) is 9.98. The van der Waals surface area contributed by atoms with Gasteiger partial charge in [0.2, 0.25) is 5.91 Å². The number of esters is 1. The number of hydrogen-bond acceptors (Lipinski definition) is 5. The van der Waals surface area contributed by atoms with Crippen LogP contribution in [0.3, 0.4) is 0 Å². The highest BCUT2D eigenvalue weighted by molar-refractivity contribution is 6.28. The molecular weight excluding hydrogens is 334 g/mol. The van der Waals surface area contributed by atoms with Crippen LogP contribution in [0.5, 0.6) is 0 Å². The van der Waals surface area contributed by atoms with Gasteiger partial charge in [0.25, 0.3) is 0 Å². The van der Waals surface area contributed by atoms with Gasteiger partial charge in [0, 0.05) is 5.56 Å². The first-order valence-electron chi connectivity index (χ1n) is 8.54. The molecule has 0 saturated carbocycles. The van der Waals surface area contributed by atoms with Gasteiger partial charge in [-0.3, -0.25) is 19.2 Å². The zero-order chi connectivity index (χ0) is 19.9. The average molecular weight is 359 g/mol. The quantitative estimate of drug-likeness (QED) is 0.659. The molecule has 0 aliphatic heterocycles. The van der Waals surface area contributed by atoms with Crippen molar-refractivity contribution in [2.75, 3.05) is 6.54 Å². The number of Topliss-reactive ketones (excluding diaryl/α,β-unsaturated/α-hetero) is 2. The number of fused-ring (bicyclic) bond motifs is 1. The molecule has 0 fully saturated rings. The van der Waals surface area contributed by atoms with Gasteiger partial charge in [-0.1, -0.05) is 17.7 Å². The number of carbonyl (C=O) groups excluding carboxylic acids is 4. The molecule has 6 nitrogen and oxygen atoms in total. The number of carbonyl (C=O) groups is 4. The Balaban J connectivity index is 2.24. The van der Waals surface area contributed by atoms with E-state index in [2.05, 4.69) is 5.32 Å². The van der Waals surface area contributed by atoms with Crippen LogP contribution in [0.4, 0.5) is 0 Å². The highest BCUT2D eigenvalue weighted by atomic mass is 16.6. The molecule has 1 aromatic rings. The van der Waals surface area contributed by atoms with Crippen LogP contribution < -0.4 is 5.32 Å². The maximum Gasteiger partial charge on any atom is 0.325 e. The largest absolute Gasteiger partial charge is 0.459 e. The second-order valence-corrected chi connectivity index (χ2v) is 8.14. The molecule has 1 aromatic carbocycles. The summed E-state index contributed by atoms with van der Waals surface area (Å²) >= 11 is 0. The fourth-order valence-corrected chi connectivity index (χ4v) is 3.05. The van der Waals surface area contributed by atoms with E-state index in [0.29, 0.717) is 11.1 Å². The van der Waals surface area contributed by atoms with Crippen molar-refractivity contribution in [1.82, 2.24) is 5.32 Å². The van der Waals surface area contributed by atoms with Crippen LogP contribution in [-0.4, -0.2) is 35.6 Å². The van der Waals surface area contributed by atoms with Crippen molar-refractivity contribution in [2.24, 2.45) is 5.92 Å². The molecule has 0 radical (unpaired) electrons. The second kappa shape index (κ2) is 6.67. The number of ether oxygens (including phenoxy) is 1. The summed E-state index contributed by atoms with van der Waals surface area (Å²) in [5, 5.41) is 2.36. The molecular formula is C20H25NO5. The van der Waals surface area contributed by atoms with Gasteiger partial charge in [0.05, 0.1) is 5.41 Å². The number of hydrogen-bond donors (Lipinski definition) is 1. The number of nitrogens with one attached hydrogen (secondary N) is 1. The topological polar surface area (TPSA) is 89.5 Å². The predicted octanol–water partition coefficient (Wildman–Crippen LogP) is 2.11. The van der Waals surface area contributed by atoms with Crippen LogP contribution in [-0.2, 0) is 24.5 Å². The van der Waals surface area contributed by atoms with Crippen LogP contribution in [0.1, 0.15) is 56.1 Å². The molecule has 0 saturated heterocycles. The van der Waals surface area contributed by atoms with Gasteiger partial charge in [0.1, 0.15) is 12.1 Å². The SMILES string of the molecule is Cc1ccc2c(c1)C(=O)C(C(=O)NCC(=O)OC(C)(C)C)C(=O)C2(C)C. The number of rotatable bonds is 3. The van der Waals surface area contributed by atoms with E-state index >= 15 is 0 Å². The van der Waals surface area contributed by atoms with Gasteiger partial charge < -0.3 is 10.1 Å². The van der Waals surface area contributed by atoms with E-state index in [-0.39, 0.29) is 0 Å². The van der Waals surface area contributed by atoms with Gasteiger partial charge in [-0.15, -0.1) is 0 Å². The van der Waals surface area contributed by atoms with Crippen molar-refractivity contribution < 1.29 is 23.9 Å². The number of amides is 1. The highest BCUT2D eigenvalue weighted by Crippen LogP contribution is 2.37. The summed E-state index contributed by atoms with van der Waals surface area (Å²) in [7, 11) is 0. The van der Waals surface area contributed by atoms with Crippen LogP contribution in [0.2, 0.25) is 0 Å². The Labute approximate surface area is 153 Å². The van der Waals surface area contributed by atoms with Crippen molar-refractivity contribution in [3.05, 3.63) is 34.9 Å². The molecule has 1 aliphatic carbocycles. The van der Waals surface area contributed by atoms with Gasteiger partial charge in [-0.05, 0) is 53.2 Å². The van der Waals surface area contributed by atoms with E-state index < -0.39 is 46.9 Å². The lowest BCUT2D eigenvalue weighted by atomic mass is 9.66. The number of ketones is 2. The third-order valence-corrected chi connectivity index (χ3v) is 4.34. The maximum absolute atomic E-state index is 12.8. The zero-order valence-corrected chi connectivity index (χ0v) is 16.1. The molecule has 1 atom stereocenters. The Morgan fingerprint density at radius 3 is 2.38 bits per heavy atom. The monoisotopic (exact) mass is 359 g/mol. The lowest BCUT2D eigenvalue weighted by Crippen LogP contribution is -2.51. The van der Waals surface area contributed by atoms with E-state index in [4.69, 9.17) is 4.74 Å². The Morgan fingerprint density at radius 2 is 1.81 bits per heavy atom. The van der Waals surface area contributed by atoms with E-state index in [0.717, 1.165) is 5.56 Å². The number of benzene rings is 1.